The Labute approximate surface area is 65.5 Å². The molecule has 0 rings (SSSR count). The Morgan fingerprint density at radius 3 is 2.73 bits per heavy atom. The third-order valence-corrected chi connectivity index (χ3v) is 0.954. The summed E-state index contributed by atoms with van der Waals surface area (Å²) in [6.07, 6.45) is 2.71. The average Bonchev–Trinajstić information content (AvgIpc) is 2.03. The molecule has 0 saturated heterocycles. The largest absolute Gasteiger partial charge is 0.403 e. The third kappa shape index (κ3) is 3.06. The molecule has 0 atom stereocenters. The lowest BCUT2D eigenvalue weighted by Gasteiger charge is -1.93. The van der Waals surface area contributed by atoms with Crippen molar-refractivity contribution in [1.29, 1.82) is 5.26 Å². The molecule has 0 aliphatic rings. The number of hydrogen-bond acceptors (Lipinski definition) is 3. The molecule has 0 aromatic rings. The number of amidine groups is 1. The molecule has 0 fully saturated rings. The van der Waals surface area contributed by atoms with E-state index in [1.165, 1.54) is 0 Å². The highest BCUT2D eigenvalue weighted by Crippen LogP contribution is 1.88. The summed E-state index contributed by atoms with van der Waals surface area (Å²) in [5.74, 6) is 0.148. The molecule has 4 nitrogen and oxygen atoms in total. The van der Waals surface area contributed by atoms with Crippen molar-refractivity contribution >= 4 is 5.84 Å². The zero-order chi connectivity index (χ0) is 8.69. The van der Waals surface area contributed by atoms with Crippen LogP contribution in [-0.4, -0.2) is 12.4 Å². The predicted octanol–water partition coefficient (Wildman–Crippen LogP) is -0.104. The van der Waals surface area contributed by atoms with Gasteiger partial charge in [-0.05, 0) is 0 Å². The van der Waals surface area contributed by atoms with Gasteiger partial charge in [-0.1, -0.05) is 6.08 Å². The van der Waals surface area contributed by atoms with E-state index in [-0.39, 0.29) is 11.4 Å². The van der Waals surface area contributed by atoms with Crippen LogP contribution in [-0.2, 0) is 0 Å². The summed E-state index contributed by atoms with van der Waals surface area (Å²) in [5.41, 5.74) is 10.6. The molecular weight excluding hydrogens is 140 g/mol. The molecule has 0 aromatic carbocycles. The highest BCUT2D eigenvalue weighted by Gasteiger charge is 1.97. The maximum atomic E-state index is 8.41. The minimum Gasteiger partial charge on any atom is -0.403 e. The Hall–Kier alpha value is -1.76. The predicted molar refractivity (Wildman–Crippen MR) is 44.6 cm³/mol. The summed E-state index contributed by atoms with van der Waals surface area (Å²) >= 11 is 0. The molecule has 0 spiro atoms. The Bertz CT molecular complexity index is 231. The molecule has 4 N–H and O–H groups in total. The van der Waals surface area contributed by atoms with Crippen LogP contribution in [0.1, 0.15) is 0 Å². The molecule has 0 bridgehead atoms. The van der Waals surface area contributed by atoms with E-state index in [1.807, 2.05) is 0 Å². The summed E-state index contributed by atoms with van der Waals surface area (Å²) in [4.78, 5) is 3.79. The minimum atomic E-state index is 0.148. The van der Waals surface area contributed by atoms with Crippen molar-refractivity contribution in [1.82, 2.24) is 0 Å². The van der Waals surface area contributed by atoms with Gasteiger partial charge in [-0.25, -0.2) is 0 Å². The average molecular weight is 150 g/mol. The van der Waals surface area contributed by atoms with Crippen LogP contribution in [0.5, 0.6) is 0 Å². The number of rotatable bonds is 3. The summed E-state index contributed by atoms with van der Waals surface area (Å²) in [5, 5.41) is 8.41. The van der Waals surface area contributed by atoms with E-state index in [2.05, 4.69) is 11.6 Å². The lowest BCUT2D eigenvalue weighted by molar-refractivity contribution is 1.23. The van der Waals surface area contributed by atoms with Crippen molar-refractivity contribution in [3.05, 3.63) is 24.4 Å². The van der Waals surface area contributed by atoms with Gasteiger partial charge in [0.15, 0.2) is 0 Å². The lowest BCUT2D eigenvalue weighted by Crippen LogP contribution is -2.15. The van der Waals surface area contributed by atoms with Crippen molar-refractivity contribution in [3.63, 3.8) is 0 Å². The number of nitriles is 1. The monoisotopic (exact) mass is 150 g/mol. The Kier molecular flexibility index (Phi) is 4.25. The van der Waals surface area contributed by atoms with Crippen molar-refractivity contribution in [3.8, 4) is 6.07 Å². The molecule has 58 valence electrons. The van der Waals surface area contributed by atoms with Crippen LogP contribution in [0.25, 0.3) is 0 Å². The lowest BCUT2D eigenvalue weighted by atomic mass is 10.3. The first-order valence-electron chi connectivity index (χ1n) is 2.99. The number of hydrogen-bond donors (Lipinski definition) is 2. The maximum absolute atomic E-state index is 8.41. The smallest absolute Gasteiger partial charge is 0.138 e. The van der Waals surface area contributed by atoms with Crippen molar-refractivity contribution in [2.24, 2.45) is 16.5 Å². The van der Waals surface area contributed by atoms with Crippen LogP contribution in [0.2, 0.25) is 0 Å². The van der Waals surface area contributed by atoms with Gasteiger partial charge in [-0.15, -0.1) is 6.58 Å². The fraction of sp³-hybridized carbons (Fsp3) is 0.143. The first-order chi connectivity index (χ1) is 5.26. The van der Waals surface area contributed by atoms with Gasteiger partial charge in [0.2, 0.25) is 0 Å². The molecule has 0 saturated carbocycles. The standard InChI is InChI=1S/C7H10N4/c1-2-3-11-7(10)6(4-8)5-9/h2,4H,1,3,8H2,(H2,10,11). The van der Waals surface area contributed by atoms with Crippen LogP contribution in [0.15, 0.2) is 29.4 Å². The van der Waals surface area contributed by atoms with Gasteiger partial charge in [0, 0.05) is 6.20 Å². The van der Waals surface area contributed by atoms with Gasteiger partial charge in [-0.3, -0.25) is 4.99 Å². The molecule has 4 heteroatoms. The zero-order valence-electron chi connectivity index (χ0n) is 6.12. The molecule has 0 amide bonds. The second kappa shape index (κ2) is 5.06. The third-order valence-electron chi connectivity index (χ3n) is 0.954. The maximum Gasteiger partial charge on any atom is 0.138 e. The van der Waals surface area contributed by atoms with Crippen molar-refractivity contribution in [2.75, 3.05) is 6.54 Å². The first kappa shape index (κ1) is 9.24. The highest BCUT2D eigenvalue weighted by molar-refractivity contribution is 6.00. The topological polar surface area (TPSA) is 88.2 Å². The molecule has 0 heterocycles. The van der Waals surface area contributed by atoms with E-state index in [4.69, 9.17) is 16.7 Å². The minimum absolute atomic E-state index is 0.148. The van der Waals surface area contributed by atoms with E-state index < -0.39 is 0 Å². The summed E-state index contributed by atoms with van der Waals surface area (Å²) in [7, 11) is 0. The van der Waals surface area contributed by atoms with Crippen molar-refractivity contribution < 1.29 is 0 Å². The van der Waals surface area contributed by atoms with Gasteiger partial charge in [0.05, 0.1) is 6.54 Å². The molecule has 0 aromatic heterocycles. The van der Waals surface area contributed by atoms with Crippen LogP contribution in [0.4, 0.5) is 0 Å². The molecule has 0 aliphatic carbocycles. The zero-order valence-corrected chi connectivity index (χ0v) is 6.12. The van der Waals surface area contributed by atoms with Gasteiger partial charge >= 0.3 is 0 Å². The normalized spacial score (nSPS) is 12.3. The number of nitrogens with two attached hydrogens (primary N) is 2. The summed E-state index contributed by atoms with van der Waals surface area (Å²) in [6.45, 7) is 3.84. The van der Waals surface area contributed by atoms with Gasteiger partial charge in [0.1, 0.15) is 17.5 Å². The SMILES string of the molecule is C=CCN=C(N)C(C#N)=CN. The van der Waals surface area contributed by atoms with Gasteiger partial charge in [-0.2, -0.15) is 5.26 Å². The van der Waals surface area contributed by atoms with Gasteiger partial charge in [0.25, 0.3) is 0 Å². The fourth-order valence-electron chi connectivity index (χ4n) is 0.428. The van der Waals surface area contributed by atoms with E-state index in [1.54, 1.807) is 12.1 Å². The second-order valence-electron chi connectivity index (χ2n) is 1.71. The Morgan fingerprint density at radius 1 is 1.73 bits per heavy atom. The van der Waals surface area contributed by atoms with E-state index >= 15 is 0 Å². The van der Waals surface area contributed by atoms with E-state index in [9.17, 15) is 0 Å². The van der Waals surface area contributed by atoms with Crippen LogP contribution >= 0.6 is 0 Å². The van der Waals surface area contributed by atoms with E-state index in [0.717, 1.165) is 6.20 Å². The fourth-order valence-corrected chi connectivity index (χ4v) is 0.428. The summed E-state index contributed by atoms with van der Waals surface area (Å²) in [6, 6.07) is 1.81. The van der Waals surface area contributed by atoms with E-state index in [0.29, 0.717) is 6.54 Å². The molecule has 11 heavy (non-hydrogen) atoms. The molecule has 0 aliphatic heterocycles. The first-order valence-corrected chi connectivity index (χ1v) is 2.99. The number of aliphatic imine (C=N–C) groups is 1. The highest BCUT2D eigenvalue weighted by atomic mass is 14.8. The second-order valence-corrected chi connectivity index (χ2v) is 1.71. The quantitative estimate of drug-likeness (QED) is 0.255. The molecule has 0 radical (unpaired) electrons. The summed E-state index contributed by atoms with van der Waals surface area (Å²) < 4.78 is 0. The van der Waals surface area contributed by atoms with Crippen LogP contribution in [0.3, 0.4) is 0 Å². The molecule has 0 unspecified atom stereocenters. The van der Waals surface area contributed by atoms with Crippen molar-refractivity contribution in [2.45, 2.75) is 0 Å². The Balaban J connectivity index is 4.35. The Morgan fingerprint density at radius 2 is 2.36 bits per heavy atom. The van der Waals surface area contributed by atoms with Crippen LogP contribution in [0, 0.1) is 11.3 Å². The van der Waals surface area contributed by atoms with Crippen LogP contribution < -0.4 is 11.5 Å². The molecular formula is C7H10N4. The van der Waals surface area contributed by atoms with Gasteiger partial charge < -0.3 is 11.5 Å². The number of nitrogens with zero attached hydrogens (tertiary/aromatic N) is 2.